The first-order valence-corrected chi connectivity index (χ1v) is 4.85. The fraction of sp³-hybridized carbons (Fsp3) is 0. The summed E-state index contributed by atoms with van der Waals surface area (Å²) in [5.74, 6) is -0.340. The number of anilines is 1. The second kappa shape index (κ2) is 3.91. The van der Waals surface area contributed by atoms with Gasteiger partial charge in [0.2, 0.25) is 0 Å². The van der Waals surface area contributed by atoms with E-state index in [1.807, 2.05) is 6.07 Å². The highest BCUT2D eigenvalue weighted by Gasteiger charge is 2.05. The van der Waals surface area contributed by atoms with Gasteiger partial charge >= 0.3 is 0 Å². The van der Waals surface area contributed by atoms with Crippen LogP contribution in [-0.4, -0.2) is 0 Å². The smallest absolute Gasteiger partial charge is 0.132 e. The molecule has 0 bridgehead atoms. The van der Waals surface area contributed by atoms with E-state index in [0.717, 1.165) is 5.56 Å². The molecule has 0 saturated carbocycles. The molecule has 0 aliphatic carbocycles. The van der Waals surface area contributed by atoms with Crippen molar-refractivity contribution in [3.63, 3.8) is 0 Å². The molecule has 0 radical (unpaired) electrons. The molecule has 2 rings (SSSR count). The number of halogens is 2. The zero-order chi connectivity index (χ0) is 10.8. The fourth-order valence-electron chi connectivity index (χ4n) is 1.43. The fourth-order valence-corrected chi connectivity index (χ4v) is 1.59. The third kappa shape index (κ3) is 2.10. The summed E-state index contributed by atoms with van der Waals surface area (Å²) in [6, 6.07) is 11.7. The van der Waals surface area contributed by atoms with E-state index in [4.69, 9.17) is 17.3 Å². The van der Waals surface area contributed by atoms with Crippen molar-refractivity contribution >= 4 is 17.3 Å². The van der Waals surface area contributed by atoms with E-state index in [1.165, 1.54) is 6.07 Å². The third-order valence-electron chi connectivity index (χ3n) is 2.13. The van der Waals surface area contributed by atoms with Crippen LogP contribution < -0.4 is 5.73 Å². The molecule has 2 aromatic rings. The van der Waals surface area contributed by atoms with E-state index in [2.05, 4.69) is 0 Å². The molecule has 2 N–H and O–H groups in total. The van der Waals surface area contributed by atoms with Crippen molar-refractivity contribution in [2.45, 2.75) is 0 Å². The molecular formula is C12H9ClFN. The number of rotatable bonds is 1. The lowest BCUT2D eigenvalue weighted by Gasteiger charge is -2.04. The largest absolute Gasteiger partial charge is 0.399 e. The summed E-state index contributed by atoms with van der Waals surface area (Å²) in [6.07, 6.45) is 0. The Morgan fingerprint density at radius 1 is 1.07 bits per heavy atom. The van der Waals surface area contributed by atoms with Crippen LogP contribution in [0.4, 0.5) is 10.1 Å². The van der Waals surface area contributed by atoms with E-state index >= 15 is 0 Å². The van der Waals surface area contributed by atoms with Gasteiger partial charge in [-0.15, -0.1) is 0 Å². The molecular weight excluding hydrogens is 213 g/mol. The lowest BCUT2D eigenvalue weighted by molar-refractivity contribution is 0.631. The maximum absolute atomic E-state index is 13.5. The van der Waals surface area contributed by atoms with Crippen molar-refractivity contribution in [2.75, 3.05) is 5.73 Å². The van der Waals surface area contributed by atoms with Gasteiger partial charge in [0.15, 0.2) is 0 Å². The van der Waals surface area contributed by atoms with Gasteiger partial charge in [-0.05, 0) is 35.9 Å². The predicted molar refractivity (Wildman–Crippen MR) is 61.3 cm³/mol. The highest BCUT2D eigenvalue weighted by Crippen LogP contribution is 2.26. The zero-order valence-corrected chi connectivity index (χ0v) is 8.63. The normalized spacial score (nSPS) is 10.3. The SMILES string of the molecule is Nc1cccc(-c2ccc(Cl)cc2F)c1. The van der Waals surface area contributed by atoms with Gasteiger partial charge in [-0.2, -0.15) is 0 Å². The molecule has 0 fully saturated rings. The summed E-state index contributed by atoms with van der Waals surface area (Å²) in [6.45, 7) is 0. The van der Waals surface area contributed by atoms with Crippen LogP contribution in [0.2, 0.25) is 5.02 Å². The quantitative estimate of drug-likeness (QED) is 0.730. The standard InChI is InChI=1S/C12H9ClFN/c13-9-4-5-11(12(14)7-9)8-2-1-3-10(15)6-8/h1-7H,15H2. The molecule has 0 heterocycles. The Morgan fingerprint density at radius 2 is 1.87 bits per heavy atom. The van der Waals surface area contributed by atoms with Crippen LogP contribution in [0.15, 0.2) is 42.5 Å². The molecule has 15 heavy (non-hydrogen) atoms. The van der Waals surface area contributed by atoms with Crippen LogP contribution in [0.1, 0.15) is 0 Å². The molecule has 0 unspecified atom stereocenters. The minimum atomic E-state index is -0.340. The van der Waals surface area contributed by atoms with Crippen molar-refractivity contribution in [1.82, 2.24) is 0 Å². The minimum absolute atomic E-state index is 0.340. The lowest BCUT2D eigenvalue weighted by atomic mass is 10.0. The molecule has 1 nitrogen and oxygen atoms in total. The summed E-state index contributed by atoms with van der Waals surface area (Å²) in [4.78, 5) is 0. The molecule has 0 aliphatic heterocycles. The zero-order valence-electron chi connectivity index (χ0n) is 7.87. The van der Waals surface area contributed by atoms with Gasteiger partial charge in [-0.3, -0.25) is 0 Å². The molecule has 76 valence electrons. The first-order valence-electron chi connectivity index (χ1n) is 4.48. The topological polar surface area (TPSA) is 26.0 Å². The van der Waals surface area contributed by atoms with Gasteiger partial charge in [0.25, 0.3) is 0 Å². The van der Waals surface area contributed by atoms with Crippen molar-refractivity contribution < 1.29 is 4.39 Å². The summed E-state index contributed by atoms with van der Waals surface area (Å²) in [7, 11) is 0. The molecule has 0 aliphatic rings. The first kappa shape index (κ1) is 9.99. The molecule has 0 aromatic heterocycles. The third-order valence-corrected chi connectivity index (χ3v) is 2.36. The van der Waals surface area contributed by atoms with E-state index in [0.29, 0.717) is 16.3 Å². The van der Waals surface area contributed by atoms with Crippen LogP contribution in [0, 0.1) is 5.82 Å². The summed E-state index contributed by atoms with van der Waals surface area (Å²) in [5.41, 5.74) is 7.50. The number of nitrogen functional groups attached to an aromatic ring is 1. The average Bonchev–Trinajstić information content (AvgIpc) is 2.17. The number of hydrogen-bond acceptors (Lipinski definition) is 1. The van der Waals surface area contributed by atoms with Crippen LogP contribution in [-0.2, 0) is 0 Å². The molecule has 2 aromatic carbocycles. The lowest BCUT2D eigenvalue weighted by Crippen LogP contribution is -1.87. The summed E-state index contributed by atoms with van der Waals surface area (Å²) < 4.78 is 13.5. The van der Waals surface area contributed by atoms with Crippen molar-refractivity contribution in [3.8, 4) is 11.1 Å². The molecule has 3 heteroatoms. The average molecular weight is 222 g/mol. The van der Waals surface area contributed by atoms with Gasteiger partial charge in [0.05, 0.1) is 0 Å². The molecule has 0 spiro atoms. The maximum atomic E-state index is 13.5. The van der Waals surface area contributed by atoms with Crippen LogP contribution in [0.25, 0.3) is 11.1 Å². The van der Waals surface area contributed by atoms with Gasteiger partial charge in [0.1, 0.15) is 5.82 Å². The van der Waals surface area contributed by atoms with E-state index in [9.17, 15) is 4.39 Å². The Hall–Kier alpha value is -1.54. The number of hydrogen-bond donors (Lipinski definition) is 1. The summed E-state index contributed by atoms with van der Waals surface area (Å²) in [5, 5.41) is 0.389. The molecule has 0 amide bonds. The Labute approximate surface area is 92.3 Å². The van der Waals surface area contributed by atoms with Crippen LogP contribution >= 0.6 is 11.6 Å². The second-order valence-electron chi connectivity index (χ2n) is 3.25. The Balaban J connectivity index is 2.54. The monoisotopic (exact) mass is 221 g/mol. The minimum Gasteiger partial charge on any atom is -0.399 e. The van der Waals surface area contributed by atoms with Gasteiger partial charge in [-0.1, -0.05) is 23.7 Å². The van der Waals surface area contributed by atoms with Crippen LogP contribution in [0.5, 0.6) is 0 Å². The molecule has 0 atom stereocenters. The maximum Gasteiger partial charge on any atom is 0.132 e. The Bertz CT molecular complexity index is 497. The van der Waals surface area contributed by atoms with Crippen molar-refractivity contribution in [3.05, 3.63) is 53.3 Å². The second-order valence-corrected chi connectivity index (χ2v) is 3.69. The van der Waals surface area contributed by atoms with E-state index in [1.54, 1.807) is 30.3 Å². The van der Waals surface area contributed by atoms with Gasteiger partial charge in [0, 0.05) is 16.3 Å². The van der Waals surface area contributed by atoms with Crippen molar-refractivity contribution in [1.29, 1.82) is 0 Å². The van der Waals surface area contributed by atoms with E-state index in [-0.39, 0.29) is 5.82 Å². The Morgan fingerprint density at radius 3 is 2.53 bits per heavy atom. The number of benzene rings is 2. The predicted octanol–water partition coefficient (Wildman–Crippen LogP) is 3.73. The van der Waals surface area contributed by atoms with Gasteiger partial charge in [-0.25, -0.2) is 4.39 Å². The Kier molecular flexibility index (Phi) is 2.60. The molecule has 0 saturated heterocycles. The van der Waals surface area contributed by atoms with Gasteiger partial charge < -0.3 is 5.73 Å². The highest BCUT2D eigenvalue weighted by atomic mass is 35.5. The van der Waals surface area contributed by atoms with Crippen LogP contribution in [0.3, 0.4) is 0 Å². The van der Waals surface area contributed by atoms with E-state index < -0.39 is 0 Å². The first-order chi connectivity index (χ1) is 7.16. The van der Waals surface area contributed by atoms with Crippen molar-refractivity contribution in [2.24, 2.45) is 0 Å². The number of nitrogens with two attached hydrogens (primary N) is 1. The summed E-state index contributed by atoms with van der Waals surface area (Å²) >= 11 is 5.67. The highest BCUT2D eigenvalue weighted by molar-refractivity contribution is 6.30.